The summed E-state index contributed by atoms with van der Waals surface area (Å²) in [5, 5.41) is 23.1. The van der Waals surface area contributed by atoms with Crippen molar-refractivity contribution in [2.24, 2.45) is 5.73 Å². The zero-order valence-electron chi connectivity index (χ0n) is 33.1. The number of nitrogens with zero attached hydrogens (tertiary/aromatic N) is 2. The molecular formula is C37H56N9O9S2+. The van der Waals surface area contributed by atoms with E-state index in [4.69, 9.17) is 5.73 Å². The van der Waals surface area contributed by atoms with Gasteiger partial charge in [-0.2, -0.15) is 0 Å². The molecule has 0 radical (unpaired) electrons. The monoisotopic (exact) mass is 834 g/mol. The predicted molar refractivity (Wildman–Crippen MR) is 217 cm³/mol. The minimum Gasteiger partial charge on any atom is -0.481 e. The second kappa shape index (κ2) is 22.2. The van der Waals surface area contributed by atoms with E-state index < -0.39 is 90.5 Å². The van der Waals surface area contributed by atoms with Gasteiger partial charge in [0.05, 0.1) is 40.7 Å². The van der Waals surface area contributed by atoms with Gasteiger partial charge < -0.3 is 51.8 Å². The lowest BCUT2D eigenvalue weighted by molar-refractivity contribution is -0.870. The summed E-state index contributed by atoms with van der Waals surface area (Å²) in [4.78, 5) is 109. The Morgan fingerprint density at radius 1 is 0.895 bits per heavy atom. The number of quaternary nitrogens is 1. The minimum absolute atomic E-state index is 0.00910. The number of carboxylic acid groups (broad SMARTS) is 1. The van der Waals surface area contributed by atoms with Crippen molar-refractivity contribution in [3.63, 3.8) is 0 Å². The van der Waals surface area contributed by atoms with Gasteiger partial charge in [-0.25, -0.2) is 0 Å². The summed E-state index contributed by atoms with van der Waals surface area (Å²) in [5.74, 6) is -6.18. The highest BCUT2D eigenvalue weighted by atomic mass is 33.1. The van der Waals surface area contributed by atoms with Crippen molar-refractivity contribution in [2.75, 3.05) is 52.3 Å². The van der Waals surface area contributed by atoms with Gasteiger partial charge in [0.15, 0.2) is 0 Å². The van der Waals surface area contributed by atoms with Gasteiger partial charge >= 0.3 is 5.97 Å². The SMILES string of the molecule is C[C@@H]1NC(=O)[C@H](CC(=O)O)NC(=O)CNC(=O)C(CCCC[N+](C)(C)C)NC(=O)CCSSC[C@@H](C(N)=O)NC(=O)[C@H](C)N(CCc2c[nH]c3ccccc23)C1=O. The Labute approximate surface area is 339 Å². The zero-order chi connectivity index (χ0) is 42.3. The van der Waals surface area contributed by atoms with Crippen LogP contribution >= 0.6 is 21.6 Å². The van der Waals surface area contributed by atoms with Crippen LogP contribution in [0.15, 0.2) is 30.5 Å². The fourth-order valence-electron chi connectivity index (χ4n) is 6.03. The van der Waals surface area contributed by atoms with Crippen LogP contribution in [0.1, 0.15) is 51.5 Å². The van der Waals surface area contributed by atoms with Crippen LogP contribution in [0.2, 0.25) is 0 Å². The summed E-state index contributed by atoms with van der Waals surface area (Å²) in [7, 11) is 8.58. The average Bonchev–Trinajstić information content (AvgIpc) is 3.55. The van der Waals surface area contributed by atoms with E-state index in [2.05, 4.69) is 31.6 Å². The summed E-state index contributed by atoms with van der Waals surface area (Å²) >= 11 is 0. The number of hydrogen-bond acceptors (Lipinski definition) is 10. The van der Waals surface area contributed by atoms with Crippen molar-refractivity contribution in [3.05, 3.63) is 36.0 Å². The van der Waals surface area contributed by atoms with Crippen molar-refractivity contribution in [1.82, 2.24) is 36.5 Å². The molecule has 2 heterocycles. The molecule has 1 aliphatic rings. The number of rotatable bonds is 11. The van der Waals surface area contributed by atoms with Crippen LogP contribution in [0.5, 0.6) is 0 Å². The number of aromatic nitrogens is 1. The van der Waals surface area contributed by atoms with Gasteiger partial charge in [-0.05, 0) is 51.2 Å². The first-order valence-corrected chi connectivity index (χ1v) is 21.2. The Balaban J connectivity index is 1.87. The Morgan fingerprint density at radius 2 is 1.60 bits per heavy atom. The summed E-state index contributed by atoms with van der Waals surface area (Å²) in [6, 6.07) is 1.34. The van der Waals surface area contributed by atoms with Crippen LogP contribution in [0.3, 0.4) is 0 Å². The molecule has 3 rings (SSSR count). The molecule has 7 amide bonds. The molecule has 0 spiro atoms. The Bertz CT molecular complexity index is 1770. The van der Waals surface area contributed by atoms with Crippen molar-refractivity contribution >= 4 is 79.8 Å². The average molecular weight is 835 g/mol. The van der Waals surface area contributed by atoms with Gasteiger partial charge in [0.2, 0.25) is 41.4 Å². The number of nitrogens with two attached hydrogens (primary N) is 1. The fraction of sp³-hybridized carbons (Fsp3) is 0.568. The maximum absolute atomic E-state index is 14.0. The minimum atomic E-state index is -1.64. The van der Waals surface area contributed by atoms with Crippen LogP contribution in [0.25, 0.3) is 10.9 Å². The highest BCUT2D eigenvalue weighted by Crippen LogP contribution is 2.23. The number of carbonyl (C=O) groups excluding carboxylic acids is 7. The van der Waals surface area contributed by atoms with Gasteiger partial charge in [-0.15, -0.1) is 0 Å². The lowest BCUT2D eigenvalue weighted by atomic mass is 10.1. The molecule has 0 aliphatic carbocycles. The molecular weight excluding hydrogens is 779 g/mol. The Morgan fingerprint density at radius 3 is 2.28 bits per heavy atom. The molecule has 314 valence electrons. The number of aliphatic carboxylic acids is 1. The molecule has 2 aromatic rings. The number of primary amides is 1. The largest absolute Gasteiger partial charge is 0.481 e. The van der Waals surface area contributed by atoms with Gasteiger partial charge in [0, 0.05) is 41.6 Å². The van der Waals surface area contributed by atoms with Crippen LogP contribution < -0.4 is 32.3 Å². The first kappa shape index (κ1) is 46.6. The van der Waals surface area contributed by atoms with Gasteiger partial charge in [-0.1, -0.05) is 39.8 Å². The van der Waals surface area contributed by atoms with E-state index >= 15 is 0 Å². The van der Waals surface area contributed by atoms with E-state index in [0.717, 1.165) is 29.4 Å². The number of nitrogens with one attached hydrogen (secondary N) is 6. The fourth-order valence-corrected chi connectivity index (χ4v) is 8.19. The molecule has 18 nitrogen and oxygen atoms in total. The van der Waals surface area contributed by atoms with Crippen LogP contribution in [0, 0.1) is 0 Å². The number of fused-ring (bicyclic) bond motifs is 1. The van der Waals surface area contributed by atoms with Crippen LogP contribution in [0.4, 0.5) is 0 Å². The van der Waals surface area contributed by atoms with Gasteiger partial charge in [0.25, 0.3) is 0 Å². The van der Waals surface area contributed by atoms with Crippen molar-refractivity contribution in [3.8, 4) is 0 Å². The molecule has 1 aliphatic heterocycles. The third kappa shape index (κ3) is 15.6. The molecule has 5 atom stereocenters. The number of carboxylic acids is 1. The van der Waals surface area contributed by atoms with Gasteiger partial charge in [0.1, 0.15) is 30.2 Å². The van der Waals surface area contributed by atoms with Gasteiger partial charge in [-0.3, -0.25) is 38.4 Å². The smallest absolute Gasteiger partial charge is 0.305 e. The van der Waals surface area contributed by atoms with Crippen LogP contribution in [-0.2, 0) is 44.8 Å². The lowest BCUT2D eigenvalue weighted by Gasteiger charge is -2.32. The molecule has 1 fully saturated rings. The van der Waals surface area contributed by atoms with E-state index in [1.54, 1.807) is 6.20 Å². The van der Waals surface area contributed by atoms with Crippen molar-refractivity contribution in [1.29, 1.82) is 0 Å². The summed E-state index contributed by atoms with van der Waals surface area (Å²) in [5.41, 5.74) is 7.37. The number of benzene rings is 1. The molecule has 1 unspecified atom stereocenters. The number of H-pyrrole nitrogens is 1. The summed E-state index contributed by atoms with van der Waals surface area (Å²) in [6.07, 6.45) is 2.92. The second-order valence-electron chi connectivity index (χ2n) is 14.9. The third-order valence-corrected chi connectivity index (χ3v) is 11.6. The summed E-state index contributed by atoms with van der Waals surface area (Å²) < 4.78 is 0.708. The lowest BCUT2D eigenvalue weighted by Crippen LogP contribution is -2.59. The quantitative estimate of drug-likeness (QED) is 0.0823. The van der Waals surface area contributed by atoms with E-state index in [1.165, 1.54) is 40.3 Å². The number of carbonyl (C=O) groups is 8. The molecule has 9 N–H and O–H groups in total. The maximum Gasteiger partial charge on any atom is 0.305 e. The molecule has 1 aromatic heterocycles. The number of aromatic amines is 1. The number of hydrogen-bond donors (Lipinski definition) is 8. The molecule has 57 heavy (non-hydrogen) atoms. The molecule has 0 saturated carbocycles. The molecule has 1 aromatic carbocycles. The van der Waals surface area contributed by atoms with E-state index in [1.807, 2.05) is 45.4 Å². The third-order valence-electron chi connectivity index (χ3n) is 9.22. The van der Waals surface area contributed by atoms with Crippen molar-refractivity contribution < 1.29 is 47.9 Å². The first-order chi connectivity index (χ1) is 26.9. The number of unbranched alkanes of at least 4 members (excludes halogenated alkanes) is 1. The molecule has 1 saturated heterocycles. The predicted octanol–water partition coefficient (Wildman–Crippen LogP) is -0.376. The topological polar surface area (TPSA) is 262 Å². The number of amides is 7. The standard InChI is InChI=1S/C37H55N9O9S2/c1-22-37(55)45(15-13-24-19-39-26-11-7-6-10-25(24)26)23(2)34(52)44-29(33(38)51)21-57-56-17-14-30(47)42-27(12-8-9-16-46(3,4)5)35(53)40-20-31(48)43-28(18-32(49)50)36(54)41-22/h6-7,10-11,19,22-23,27-29,39H,8-9,12-18,20-21H2,1-5H3,(H7-,38,40,41,42,43,44,47,48,49,50,51,52,53,54)/p+1/t22-,23-,27?,28-,29-/m0/s1. The van der Waals surface area contributed by atoms with Crippen molar-refractivity contribution in [2.45, 2.75) is 82.6 Å². The summed E-state index contributed by atoms with van der Waals surface area (Å²) in [6.45, 7) is 3.04. The Hall–Kier alpha value is -4.82. The Kier molecular flexibility index (Phi) is 18.1. The maximum atomic E-state index is 14.0. The molecule has 20 heteroatoms. The normalized spacial score (nSPS) is 23.2. The van der Waals surface area contributed by atoms with E-state index in [9.17, 15) is 43.5 Å². The number of para-hydroxylation sites is 1. The zero-order valence-corrected chi connectivity index (χ0v) is 34.7. The highest BCUT2D eigenvalue weighted by Gasteiger charge is 2.34. The second-order valence-corrected chi connectivity index (χ2v) is 17.6. The van der Waals surface area contributed by atoms with Crippen LogP contribution in [-0.4, -0.2) is 149 Å². The first-order valence-electron chi connectivity index (χ1n) is 18.7. The molecule has 0 bridgehead atoms. The van der Waals surface area contributed by atoms with E-state index in [0.29, 0.717) is 23.1 Å². The van der Waals surface area contributed by atoms with E-state index in [-0.39, 0.29) is 25.1 Å². The highest BCUT2D eigenvalue weighted by molar-refractivity contribution is 8.76.